The van der Waals surface area contributed by atoms with Crippen molar-refractivity contribution in [3.8, 4) is 11.3 Å². The summed E-state index contributed by atoms with van der Waals surface area (Å²) in [5.41, 5.74) is 3.49. The van der Waals surface area contributed by atoms with Gasteiger partial charge in [0.15, 0.2) is 5.82 Å². The number of hydrogen-bond acceptors (Lipinski definition) is 5. The molecule has 0 aliphatic carbocycles. The summed E-state index contributed by atoms with van der Waals surface area (Å²) in [5, 5.41) is 9.78. The zero-order valence-electron chi connectivity index (χ0n) is 16.4. The molecule has 2 aromatic heterocycles. The van der Waals surface area contributed by atoms with Crippen LogP contribution in [-0.4, -0.2) is 33.1 Å². The maximum atomic E-state index is 13.7. The van der Waals surface area contributed by atoms with E-state index in [4.69, 9.17) is 11.6 Å². The van der Waals surface area contributed by atoms with Gasteiger partial charge >= 0.3 is 0 Å². The van der Waals surface area contributed by atoms with Crippen LogP contribution in [0.5, 0.6) is 0 Å². The highest BCUT2D eigenvalue weighted by atomic mass is 35.5. The van der Waals surface area contributed by atoms with Crippen molar-refractivity contribution in [1.82, 2.24) is 15.0 Å². The second-order valence-electron chi connectivity index (χ2n) is 7.06. The standard InChI is InChI=1S/C21H26ClFN4O/c1-3-4-5-6-15-8-11-27(12-9-15)21-17(13-28)26-19(14(2)25-21)16-7-10-24-20(23)18(16)22/h7-8,10,28H,3-6,9,11-13H2,1-2H3. The van der Waals surface area contributed by atoms with Crippen LogP contribution in [0.1, 0.15) is 50.4 Å². The van der Waals surface area contributed by atoms with E-state index in [2.05, 4.69) is 32.9 Å². The van der Waals surface area contributed by atoms with Gasteiger partial charge in [-0.25, -0.2) is 15.0 Å². The summed E-state index contributed by atoms with van der Waals surface area (Å²) in [6, 6.07) is 1.61. The third kappa shape index (κ3) is 4.50. The van der Waals surface area contributed by atoms with Crippen LogP contribution in [0.15, 0.2) is 23.9 Å². The van der Waals surface area contributed by atoms with Crippen molar-refractivity contribution in [2.45, 2.75) is 52.6 Å². The lowest BCUT2D eigenvalue weighted by molar-refractivity contribution is 0.276. The lowest BCUT2D eigenvalue weighted by Crippen LogP contribution is -2.31. The number of nitrogens with zero attached hydrogens (tertiary/aromatic N) is 4. The van der Waals surface area contributed by atoms with Crippen LogP contribution in [0.4, 0.5) is 10.2 Å². The molecule has 3 heterocycles. The molecule has 2 aromatic rings. The molecular weight excluding hydrogens is 379 g/mol. The molecule has 5 nitrogen and oxygen atoms in total. The Balaban J connectivity index is 1.86. The highest BCUT2D eigenvalue weighted by Crippen LogP contribution is 2.32. The van der Waals surface area contributed by atoms with Crippen molar-refractivity contribution in [3.05, 3.63) is 46.3 Å². The number of aliphatic hydroxyl groups excluding tert-OH is 1. The van der Waals surface area contributed by atoms with Crippen molar-refractivity contribution in [1.29, 1.82) is 0 Å². The fourth-order valence-corrected chi connectivity index (χ4v) is 3.69. The molecule has 1 aliphatic heterocycles. The van der Waals surface area contributed by atoms with Gasteiger partial charge in [0.2, 0.25) is 5.95 Å². The maximum absolute atomic E-state index is 13.7. The minimum atomic E-state index is -0.744. The van der Waals surface area contributed by atoms with Gasteiger partial charge in [0.05, 0.1) is 18.0 Å². The Morgan fingerprint density at radius 3 is 2.79 bits per heavy atom. The Labute approximate surface area is 170 Å². The Hall–Kier alpha value is -2.05. The van der Waals surface area contributed by atoms with E-state index in [9.17, 15) is 9.50 Å². The number of pyridine rings is 1. The highest BCUT2D eigenvalue weighted by Gasteiger charge is 2.21. The van der Waals surface area contributed by atoms with Crippen molar-refractivity contribution in [3.63, 3.8) is 0 Å². The van der Waals surface area contributed by atoms with Crippen LogP contribution in [0, 0.1) is 12.9 Å². The summed E-state index contributed by atoms with van der Waals surface area (Å²) in [6.07, 6.45) is 9.50. The number of halogens is 2. The monoisotopic (exact) mass is 404 g/mol. The van der Waals surface area contributed by atoms with Crippen LogP contribution in [0.25, 0.3) is 11.3 Å². The predicted molar refractivity (Wildman–Crippen MR) is 110 cm³/mol. The van der Waals surface area contributed by atoms with E-state index < -0.39 is 5.95 Å². The van der Waals surface area contributed by atoms with Crippen molar-refractivity contribution in [2.75, 3.05) is 18.0 Å². The molecule has 1 N–H and O–H groups in total. The van der Waals surface area contributed by atoms with Gasteiger partial charge in [-0.15, -0.1) is 0 Å². The topological polar surface area (TPSA) is 62.1 Å². The van der Waals surface area contributed by atoms with Gasteiger partial charge in [0, 0.05) is 24.8 Å². The lowest BCUT2D eigenvalue weighted by atomic mass is 10.0. The summed E-state index contributed by atoms with van der Waals surface area (Å²) in [4.78, 5) is 14.9. The second-order valence-corrected chi connectivity index (χ2v) is 7.44. The molecule has 7 heteroatoms. The van der Waals surface area contributed by atoms with Gasteiger partial charge in [-0.3, -0.25) is 0 Å². The summed E-state index contributed by atoms with van der Waals surface area (Å²) in [6.45, 7) is 5.39. The largest absolute Gasteiger partial charge is 0.390 e. The van der Waals surface area contributed by atoms with Crippen LogP contribution in [0.3, 0.4) is 0 Å². The number of aryl methyl sites for hydroxylation is 1. The first-order chi connectivity index (χ1) is 13.5. The molecule has 0 fully saturated rings. The molecule has 150 valence electrons. The Morgan fingerprint density at radius 2 is 2.11 bits per heavy atom. The number of aliphatic hydroxyl groups is 1. The van der Waals surface area contributed by atoms with Gasteiger partial charge in [-0.2, -0.15) is 4.39 Å². The quantitative estimate of drug-likeness (QED) is 0.406. The minimum Gasteiger partial charge on any atom is -0.390 e. The molecule has 0 bridgehead atoms. The zero-order chi connectivity index (χ0) is 20.1. The summed E-state index contributed by atoms with van der Waals surface area (Å²) >= 11 is 6.07. The first-order valence-corrected chi connectivity index (χ1v) is 10.1. The van der Waals surface area contributed by atoms with Crippen LogP contribution in [-0.2, 0) is 6.61 Å². The number of anilines is 1. The van der Waals surface area contributed by atoms with Gasteiger partial charge in [0.25, 0.3) is 0 Å². The van der Waals surface area contributed by atoms with Crippen LogP contribution < -0.4 is 4.90 Å². The molecule has 0 atom stereocenters. The van der Waals surface area contributed by atoms with Gasteiger partial charge in [-0.1, -0.05) is 43.0 Å². The summed E-state index contributed by atoms with van der Waals surface area (Å²) < 4.78 is 13.7. The first-order valence-electron chi connectivity index (χ1n) is 9.76. The van der Waals surface area contributed by atoms with E-state index in [1.807, 2.05) is 6.92 Å². The predicted octanol–water partition coefficient (Wildman–Crippen LogP) is 4.85. The maximum Gasteiger partial charge on any atom is 0.232 e. The Morgan fingerprint density at radius 1 is 1.29 bits per heavy atom. The second kappa shape index (κ2) is 9.43. The van der Waals surface area contributed by atoms with E-state index in [0.717, 1.165) is 25.9 Å². The fourth-order valence-electron chi connectivity index (χ4n) is 3.49. The first kappa shape index (κ1) is 20.7. The van der Waals surface area contributed by atoms with E-state index in [0.29, 0.717) is 28.5 Å². The van der Waals surface area contributed by atoms with Gasteiger partial charge in [0.1, 0.15) is 10.7 Å². The molecule has 0 radical (unpaired) electrons. The molecule has 28 heavy (non-hydrogen) atoms. The molecule has 3 rings (SSSR count). The van der Waals surface area contributed by atoms with Crippen molar-refractivity contribution < 1.29 is 9.50 Å². The van der Waals surface area contributed by atoms with Gasteiger partial charge < -0.3 is 10.0 Å². The van der Waals surface area contributed by atoms with E-state index in [1.54, 1.807) is 6.07 Å². The smallest absolute Gasteiger partial charge is 0.232 e. The van der Waals surface area contributed by atoms with Crippen molar-refractivity contribution in [2.24, 2.45) is 0 Å². The molecular formula is C21H26ClFN4O. The average molecular weight is 405 g/mol. The number of rotatable bonds is 7. The lowest BCUT2D eigenvalue weighted by Gasteiger charge is -2.29. The number of hydrogen-bond donors (Lipinski definition) is 1. The molecule has 0 aromatic carbocycles. The van der Waals surface area contributed by atoms with E-state index >= 15 is 0 Å². The molecule has 0 unspecified atom stereocenters. The van der Waals surface area contributed by atoms with Gasteiger partial charge in [-0.05, 0) is 32.3 Å². The zero-order valence-corrected chi connectivity index (χ0v) is 17.1. The highest BCUT2D eigenvalue weighted by molar-refractivity contribution is 6.33. The Bertz CT molecular complexity index is 872. The Kier molecular flexibility index (Phi) is 6.97. The SMILES string of the molecule is CCCCCC1=CCN(c2nc(C)c(-c3ccnc(F)c3Cl)nc2CO)CC1. The normalized spacial score (nSPS) is 14.3. The van der Waals surface area contributed by atoms with Crippen molar-refractivity contribution >= 4 is 17.4 Å². The summed E-state index contributed by atoms with van der Waals surface area (Å²) in [5.74, 6) is -0.0648. The third-order valence-electron chi connectivity index (χ3n) is 5.08. The van der Waals surface area contributed by atoms with Crippen LogP contribution >= 0.6 is 11.6 Å². The molecule has 0 spiro atoms. The van der Waals surface area contributed by atoms with E-state index in [-0.39, 0.29) is 11.6 Å². The fraction of sp³-hybridized carbons (Fsp3) is 0.476. The summed E-state index contributed by atoms with van der Waals surface area (Å²) in [7, 11) is 0. The molecule has 0 amide bonds. The molecule has 0 saturated carbocycles. The van der Waals surface area contributed by atoms with Crippen LogP contribution in [0.2, 0.25) is 5.02 Å². The molecule has 0 saturated heterocycles. The number of aromatic nitrogens is 3. The third-order valence-corrected chi connectivity index (χ3v) is 5.44. The number of unbranched alkanes of at least 4 members (excludes halogenated alkanes) is 2. The molecule has 1 aliphatic rings. The van der Waals surface area contributed by atoms with E-state index in [1.165, 1.54) is 31.0 Å². The minimum absolute atomic E-state index is 0.0887. The average Bonchev–Trinajstić information content (AvgIpc) is 2.71.